The molecule has 4 nitrogen and oxygen atoms in total. The largest absolute Gasteiger partial charge is 0.486 e. The molecule has 3 rings (SSSR count). The summed E-state index contributed by atoms with van der Waals surface area (Å²) in [6.07, 6.45) is 1.65. The lowest BCUT2D eigenvalue weighted by atomic mass is 9.90. The molecule has 1 aliphatic heterocycles. The number of rotatable bonds is 3. The minimum atomic E-state index is -0.497. The van der Waals surface area contributed by atoms with Gasteiger partial charge in [0.15, 0.2) is 11.3 Å². The SMILES string of the molecule is COC(=S)c1cc(C2(c3ccno3)CSC=N2)c(C)s1. The van der Waals surface area contributed by atoms with Crippen LogP contribution in [0, 0.1) is 6.92 Å². The summed E-state index contributed by atoms with van der Waals surface area (Å²) in [5, 5.41) is 4.33. The predicted molar refractivity (Wildman–Crippen MR) is 86.0 cm³/mol. The average molecular weight is 324 g/mol. The van der Waals surface area contributed by atoms with E-state index in [2.05, 4.69) is 23.1 Å². The van der Waals surface area contributed by atoms with Crippen molar-refractivity contribution >= 4 is 45.9 Å². The number of methoxy groups -OCH3 is 1. The van der Waals surface area contributed by atoms with Crippen molar-refractivity contribution in [3.8, 4) is 0 Å². The number of aryl methyl sites for hydroxylation is 1. The van der Waals surface area contributed by atoms with E-state index in [9.17, 15) is 0 Å². The molecule has 0 aromatic carbocycles. The Bertz CT molecular complexity index is 663. The third-order valence-electron chi connectivity index (χ3n) is 3.24. The van der Waals surface area contributed by atoms with Gasteiger partial charge in [-0.3, -0.25) is 4.99 Å². The summed E-state index contributed by atoms with van der Waals surface area (Å²) in [4.78, 5) is 6.77. The molecule has 0 spiro atoms. The number of nitrogens with zero attached hydrogens (tertiary/aromatic N) is 2. The van der Waals surface area contributed by atoms with Gasteiger partial charge in [0, 0.05) is 22.3 Å². The van der Waals surface area contributed by atoms with Crippen LogP contribution in [0.15, 0.2) is 27.8 Å². The zero-order valence-corrected chi connectivity index (χ0v) is 13.4. The molecule has 0 radical (unpaired) electrons. The van der Waals surface area contributed by atoms with E-state index in [0.29, 0.717) is 5.05 Å². The van der Waals surface area contributed by atoms with Crippen molar-refractivity contribution < 1.29 is 9.26 Å². The maximum Gasteiger partial charge on any atom is 0.201 e. The fourth-order valence-corrected chi connectivity index (χ4v) is 4.40. The van der Waals surface area contributed by atoms with Gasteiger partial charge < -0.3 is 9.26 Å². The van der Waals surface area contributed by atoms with Gasteiger partial charge in [0.05, 0.1) is 23.7 Å². The Hall–Kier alpha value is -1.18. The molecular weight excluding hydrogens is 312 g/mol. The van der Waals surface area contributed by atoms with Gasteiger partial charge in [-0.15, -0.1) is 23.1 Å². The molecule has 1 atom stereocenters. The molecule has 0 bridgehead atoms. The summed E-state index contributed by atoms with van der Waals surface area (Å²) in [5.41, 5.74) is 2.48. The molecule has 0 aliphatic carbocycles. The lowest BCUT2D eigenvalue weighted by Crippen LogP contribution is -2.25. The quantitative estimate of drug-likeness (QED) is 0.810. The summed E-state index contributed by atoms with van der Waals surface area (Å²) in [7, 11) is 1.59. The summed E-state index contributed by atoms with van der Waals surface area (Å²) < 4.78 is 10.5. The second-order valence-corrected chi connectivity index (χ2v) is 6.81. The predicted octanol–water partition coefficient (Wildman–Crippen LogP) is 3.39. The zero-order chi connectivity index (χ0) is 14.2. The Balaban J connectivity index is 2.12. The molecular formula is C13H12N2O2S3. The van der Waals surface area contributed by atoms with Crippen LogP contribution >= 0.6 is 35.3 Å². The van der Waals surface area contributed by atoms with Gasteiger partial charge >= 0.3 is 0 Å². The van der Waals surface area contributed by atoms with Gasteiger partial charge in [0.1, 0.15) is 0 Å². The van der Waals surface area contributed by atoms with Crippen LogP contribution in [0.1, 0.15) is 21.1 Å². The highest BCUT2D eigenvalue weighted by atomic mass is 32.2. The van der Waals surface area contributed by atoms with Crippen LogP contribution < -0.4 is 0 Å². The molecule has 0 N–H and O–H groups in total. The first kappa shape index (κ1) is 13.8. The molecule has 0 fully saturated rings. The smallest absolute Gasteiger partial charge is 0.201 e. The Morgan fingerprint density at radius 2 is 2.40 bits per heavy atom. The molecule has 0 amide bonds. The van der Waals surface area contributed by atoms with E-state index in [4.69, 9.17) is 21.5 Å². The highest BCUT2D eigenvalue weighted by Crippen LogP contribution is 2.44. The molecule has 104 valence electrons. The number of hydrogen-bond donors (Lipinski definition) is 0. The fraction of sp³-hybridized carbons (Fsp3) is 0.308. The van der Waals surface area contributed by atoms with E-state index in [1.165, 1.54) is 0 Å². The molecule has 2 aromatic rings. The van der Waals surface area contributed by atoms with Gasteiger partial charge in [0.2, 0.25) is 5.05 Å². The molecule has 0 saturated carbocycles. The number of thiocarbonyl (C=S) groups is 1. The van der Waals surface area contributed by atoms with E-state index >= 15 is 0 Å². The van der Waals surface area contributed by atoms with Gasteiger partial charge in [0.25, 0.3) is 0 Å². The Morgan fingerprint density at radius 1 is 1.55 bits per heavy atom. The Labute approximate surface area is 130 Å². The number of hydrogen-bond acceptors (Lipinski definition) is 7. The molecule has 7 heteroatoms. The number of thioether (sulfide) groups is 1. The van der Waals surface area contributed by atoms with E-state index in [-0.39, 0.29) is 0 Å². The van der Waals surface area contributed by atoms with Crippen LogP contribution in [0.2, 0.25) is 0 Å². The third-order valence-corrected chi connectivity index (χ3v) is 5.64. The fourth-order valence-electron chi connectivity index (χ4n) is 2.26. The van der Waals surface area contributed by atoms with E-state index in [0.717, 1.165) is 26.8 Å². The van der Waals surface area contributed by atoms with Crippen LogP contribution in [0.5, 0.6) is 0 Å². The maximum atomic E-state index is 5.39. The standard InChI is InChI=1S/C13H12N2O2S3/c1-8-9(5-10(20-8)12(18)16-2)13(6-19-7-14-13)11-3-4-15-17-11/h3-5,7H,6H2,1-2H3. The Kier molecular flexibility index (Phi) is 3.66. The first-order valence-corrected chi connectivity index (χ1v) is 8.20. The lowest BCUT2D eigenvalue weighted by Gasteiger charge is -2.22. The van der Waals surface area contributed by atoms with E-state index in [1.54, 1.807) is 36.4 Å². The van der Waals surface area contributed by atoms with Gasteiger partial charge in [-0.25, -0.2) is 0 Å². The van der Waals surface area contributed by atoms with Crippen LogP contribution in [-0.4, -0.2) is 28.6 Å². The summed E-state index contributed by atoms with van der Waals surface area (Å²) in [6.45, 7) is 2.07. The van der Waals surface area contributed by atoms with E-state index in [1.807, 2.05) is 11.6 Å². The van der Waals surface area contributed by atoms with Crippen LogP contribution in [0.25, 0.3) is 0 Å². The lowest BCUT2D eigenvalue weighted by molar-refractivity contribution is 0.339. The average Bonchev–Trinajstić information content (AvgIpc) is 3.17. The summed E-state index contributed by atoms with van der Waals surface area (Å²) >= 11 is 8.50. The minimum absolute atomic E-state index is 0.497. The van der Waals surface area contributed by atoms with Crippen molar-refractivity contribution in [2.45, 2.75) is 12.5 Å². The normalized spacial score (nSPS) is 21.3. The molecule has 0 saturated heterocycles. The van der Waals surface area contributed by atoms with Gasteiger partial charge in [-0.1, -0.05) is 5.16 Å². The number of aromatic nitrogens is 1. The van der Waals surface area contributed by atoms with Crippen molar-refractivity contribution in [3.63, 3.8) is 0 Å². The molecule has 3 heterocycles. The van der Waals surface area contributed by atoms with Crippen LogP contribution in [0.3, 0.4) is 0 Å². The molecule has 1 unspecified atom stereocenters. The molecule has 20 heavy (non-hydrogen) atoms. The minimum Gasteiger partial charge on any atom is -0.486 e. The highest BCUT2D eigenvalue weighted by Gasteiger charge is 2.42. The topological polar surface area (TPSA) is 47.6 Å². The molecule has 2 aromatic heterocycles. The maximum absolute atomic E-state index is 5.39. The van der Waals surface area contributed by atoms with Crippen molar-refractivity contribution in [1.82, 2.24) is 5.16 Å². The van der Waals surface area contributed by atoms with Crippen molar-refractivity contribution in [1.29, 1.82) is 0 Å². The first-order chi connectivity index (χ1) is 9.67. The number of aliphatic imine (C=N–C) groups is 1. The van der Waals surface area contributed by atoms with Crippen molar-refractivity contribution in [2.75, 3.05) is 12.9 Å². The van der Waals surface area contributed by atoms with Crippen molar-refractivity contribution in [3.05, 3.63) is 39.4 Å². The second-order valence-electron chi connectivity index (χ2n) is 4.35. The number of thiophene rings is 1. The zero-order valence-electron chi connectivity index (χ0n) is 11.0. The first-order valence-electron chi connectivity index (χ1n) is 5.93. The van der Waals surface area contributed by atoms with Gasteiger partial charge in [-0.05, 0) is 25.2 Å². The van der Waals surface area contributed by atoms with Gasteiger partial charge in [-0.2, -0.15) is 0 Å². The van der Waals surface area contributed by atoms with Crippen LogP contribution in [-0.2, 0) is 10.3 Å². The second kappa shape index (κ2) is 5.31. The molecule has 1 aliphatic rings. The van der Waals surface area contributed by atoms with Crippen molar-refractivity contribution in [2.24, 2.45) is 4.99 Å². The highest BCUT2D eigenvalue weighted by molar-refractivity contribution is 8.12. The summed E-state index contributed by atoms with van der Waals surface area (Å²) in [5.74, 6) is 1.56. The Morgan fingerprint density at radius 3 is 3.00 bits per heavy atom. The third kappa shape index (κ3) is 2.10. The van der Waals surface area contributed by atoms with E-state index < -0.39 is 5.54 Å². The number of ether oxygens (including phenoxy) is 1. The summed E-state index contributed by atoms with van der Waals surface area (Å²) in [6, 6.07) is 3.92. The van der Waals surface area contributed by atoms with Crippen LogP contribution in [0.4, 0.5) is 0 Å². The monoisotopic (exact) mass is 324 g/mol.